The van der Waals surface area contributed by atoms with Gasteiger partial charge in [-0.2, -0.15) is 0 Å². The summed E-state index contributed by atoms with van der Waals surface area (Å²) in [7, 11) is 0. The molecule has 1 aliphatic rings. The number of hydrogen-bond acceptors (Lipinski definition) is 6. The molecule has 1 fully saturated rings. The van der Waals surface area contributed by atoms with Crippen molar-refractivity contribution in [3.63, 3.8) is 0 Å². The Bertz CT molecular complexity index is 810. The third-order valence-corrected chi connectivity index (χ3v) is 4.38. The minimum atomic E-state index is -0.263. The average molecular weight is 376 g/mol. The monoisotopic (exact) mass is 375 g/mol. The number of carbonyl (C=O) groups excluding carboxylic acids is 1. The van der Waals surface area contributed by atoms with Crippen molar-refractivity contribution in [2.75, 3.05) is 11.9 Å². The highest BCUT2D eigenvalue weighted by atomic mass is 35.5. The number of amides is 1. The van der Waals surface area contributed by atoms with Crippen LogP contribution in [0.15, 0.2) is 24.3 Å². The highest BCUT2D eigenvalue weighted by Crippen LogP contribution is 2.30. The number of hydrogen-bond donors (Lipinski definition) is 4. The Balaban J connectivity index is 1.95. The van der Waals surface area contributed by atoms with Crippen molar-refractivity contribution in [2.24, 2.45) is 5.73 Å². The molecule has 1 aromatic carbocycles. The van der Waals surface area contributed by atoms with Crippen LogP contribution in [-0.4, -0.2) is 39.6 Å². The van der Waals surface area contributed by atoms with E-state index < -0.39 is 0 Å². The van der Waals surface area contributed by atoms with Gasteiger partial charge >= 0.3 is 0 Å². The molecule has 1 saturated carbocycles. The highest BCUT2D eigenvalue weighted by molar-refractivity contribution is 6.30. The largest absolute Gasteiger partial charge is 0.507 e. The topological polar surface area (TPSA) is 113 Å². The average Bonchev–Trinajstić information content (AvgIpc) is 3.45. The number of aromatic nitrogens is 2. The van der Waals surface area contributed by atoms with Crippen molar-refractivity contribution < 1.29 is 9.90 Å². The van der Waals surface area contributed by atoms with E-state index in [0.29, 0.717) is 22.9 Å². The fraction of sp³-hybridized carbons (Fsp3) is 0.389. The number of phenols is 1. The molecule has 7 nitrogen and oxygen atoms in total. The summed E-state index contributed by atoms with van der Waals surface area (Å²) < 4.78 is 0. The number of benzene rings is 1. The van der Waals surface area contributed by atoms with Gasteiger partial charge in [-0.25, -0.2) is 9.97 Å². The number of phenolic OH excluding ortho intramolecular Hbond substituents is 1. The maximum atomic E-state index is 12.4. The van der Waals surface area contributed by atoms with E-state index >= 15 is 0 Å². The number of aromatic hydroxyl groups is 1. The number of carbonyl (C=O) groups is 1. The van der Waals surface area contributed by atoms with Gasteiger partial charge in [0.1, 0.15) is 17.3 Å². The van der Waals surface area contributed by atoms with Crippen LogP contribution in [0.25, 0.3) is 11.4 Å². The fourth-order valence-corrected chi connectivity index (χ4v) is 2.50. The Morgan fingerprint density at radius 2 is 2.15 bits per heavy atom. The normalized spacial score (nSPS) is 14.7. The minimum Gasteiger partial charge on any atom is -0.507 e. The van der Waals surface area contributed by atoms with Crippen LogP contribution in [0.1, 0.15) is 36.7 Å². The molecule has 1 atom stereocenters. The van der Waals surface area contributed by atoms with E-state index in [0.717, 1.165) is 19.3 Å². The van der Waals surface area contributed by atoms with Gasteiger partial charge in [-0.3, -0.25) is 4.79 Å². The van der Waals surface area contributed by atoms with Crippen LogP contribution in [0.2, 0.25) is 5.02 Å². The van der Waals surface area contributed by atoms with E-state index in [2.05, 4.69) is 20.6 Å². The van der Waals surface area contributed by atoms with Crippen LogP contribution in [0, 0.1) is 0 Å². The maximum Gasteiger partial charge on any atom is 0.270 e. The van der Waals surface area contributed by atoms with E-state index in [1.807, 2.05) is 6.92 Å². The number of anilines is 1. The quantitative estimate of drug-likeness (QED) is 0.591. The number of nitrogens with two attached hydrogens (primary N) is 1. The summed E-state index contributed by atoms with van der Waals surface area (Å²) in [4.78, 5) is 21.2. The Kier molecular flexibility index (Phi) is 5.58. The van der Waals surface area contributed by atoms with Gasteiger partial charge in [0.15, 0.2) is 5.82 Å². The summed E-state index contributed by atoms with van der Waals surface area (Å²) in [5.41, 5.74) is 6.54. The molecule has 0 radical (unpaired) electrons. The van der Waals surface area contributed by atoms with Crippen LogP contribution in [0.3, 0.4) is 0 Å². The molecular formula is C18H22ClN5O2. The number of nitrogens with zero attached hydrogens (tertiary/aromatic N) is 2. The van der Waals surface area contributed by atoms with Crippen LogP contribution < -0.4 is 16.4 Å². The van der Waals surface area contributed by atoms with Crippen LogP contribution in [0.5, 0.6) is 5.75 Å². The van der Waals surface area contributed by atoms with E-state index in [1.54, 1.807) is 18.2 Å². The first-order chi connectivity index (χ1) is 12.5. The van der Waals surface area contributed by atoms with Crippen molar-refractivity contribution in [2.45, 2.75) is 38.3 Å². The summed E-state index contributed by atoms with van der Waals surface area (Å²) >= 11 is 6.03. The van der Waals surface area contributed by atoms with Gasteiger partial charge in [-0.1, -0.05) is 18.5 Å². The first kappa shape index (κ1) is 18.4. The van der Waals surface area contributed by atoms with Gasteiger partial charge in [0, 0.05) is 29.7 Å². The molecule has 1 aliphatic carbocycles. The first-order valence-corrected chi connectivity index (χ1v) is 9.02. The second-order valence-corrected chi connectivity index (χ2v) is 6.86. The van der Waals surface area contributed by atoms with Gasteiger partial charge < -0.3 is 21.5 Å². The van der Waals surface area contributed by atoms with Gasteiger partial charge in [-0.05, 0) is 37.5 Å². The zero-order chi connectivity index (χ0) is 18.7. The van der Waals surface area contributed by atoms with Crippen LogP contribution in [-0.2, 0) is 0 Å². The van der Waals surface area contributed by atoms with Crippen LogP contribution >= 0.6 is 11.6 Å². The fourth-order valence-electron chi connectivity index (χ4n) is 2.33. The summed E-state index contributed by atoms with van der Waals surface area (Å²) in [5, 5.41) is 16.6. The van der Waals surface area contributed by atoms with Crippen molar-refractivity contribution in [1.29, 1.82) is 0 Å². The maximum absolute atomic E-state index is 12.4. The van der Waals surface area contributed by atoms with E-state index in [1.165, 1.54) is 6.07 Å². The summed E-state index contributed by atoms with van der Waals surface area (Å²) in [6.07, 6.45) is 2.78. The number of halogens is 1. The lowest BCUT2D eigenvalue weighted by molar-refractivity contribution is 0.0946. The molecule has 0 bridgehead atoms. The molecule has 3 rings (SSSR count). The Labute approximate surface area is 157 Å². The number of nitrogens with one attached hydrogen (secondary N) is 2. The zero-order valence-corrected chi connectivity index (χ0v) is 15.3. The molecule has 0 unspecified atom stereocenters. The molecule has 0 saturated heterocycles. The molecule has 0 aliphatic heterocycles. The molecule has 1 aromatic heterocycles. The molecule has 1 heterocycles. The lowest BCUT2D eigenvalue weighted by atomic mass is 10.2. The second kappa shape index (κ2) is 7.88. The number of rotatable bonds is 7. The second-order valence-electron chi connectivity index (χ2n) is 6.42. The van der Waals surface area contributed by atoms with Gasteiger partial charge in [-0.15, -0.1) is 0 Å². The highest BCUT2D eigenvalue weighted by Gasteiger charge is 2.25. The summed E-state index contributed by atoms with van der Waals surface area (Å²) in [6, 6.07) is 6.38. The molecule has 2 aromatic rings. The van der Waals surface area contributed by atoms with Gasteiger partial charge in [0.25, 0.3) is 5.91 Å². The third-order valence-electron chi connectivity index (χ3n) is 4.14. The van der Waals surface area contributed by atoms with Gasteiger partial charge in [0.05, 0.1) is 5.56 Å². The van der Waals surface area contributed by atoms with E-state index in [-0.39, 0.29) is 35.3 Å². The van der Waals surface area contributed by atoms with Crippen molar-refractivity contribution in [3.05, 3.63) is 35.0 Å². The van der Waals surface area contributed by atoms with Crippen molar-refractivity contribution >= 4 is 23.3 Å². The molecule has 8 heteroatoms. The molecular weight excluding hydrogens is 354 g/mol. The van der Waals surface area contributed by atoms with E-state index in [9.17, 15) is 9.90 Å². The predicted octanol–water partition coefficient (Wildman–Crippen LogP) is 2.54. The van der Waals surface area contributed by atoms with Gasteiger partial charge in [0.2, 0.25) is 0 Å². The Hall–Kier alpha value is -2.38. The Morgan fingerprint density at radius 3 is 2.85 bits per heavy atom. The summed E-state index contributed by atoms with van der Waals surface area (Å²) in [6.45, 7) is 2.51. The molecule has 26 heavy (non-hydrogen) atoms. The smallest absolute Gasteiger partial charge is 0.270 e. The van der Waals surface area contributed by atoms with Crippen molar-refractivity contribution in [1.82, 2.24) is 15.3 Å². The standard InChI is InChI=1S/C18H22ClN5O2/c1-2-11(20)9-21-16-8-14(18(26)22-12-4-5-12)23-17(24-16)13-7-10(19)3-6-15(13)25/h3,6-8,11-12,25H,2,4-5,9,20H2,1H3,(H,22,26)(H,21,23,24)/t11-/m0/s1. The molecule has 1 amide bonds. The van der Waals surface area contributed by atoms with Crippen molar-refractivity contribution in [3.8, 4) is 17.1 Å². The van der Waals surface area contributed by atoms with E-state index in [4.69, 9.17) is 17.3 Å². The SMILES string of the molecule is CC[C@H](N)CNc1cc(C(=O)NC2CC2)nc(-c2cc(Cl)ccc2O)n1. The lowest BCUT2D eigenvalue weighted by Gasteiger charge is -2.13. The predicted molar refractivity (Wildman–Crippen MR) is 101 cm³/mol. The molecule has 5 N–H and O–H groups in total. The summed E-state index contributed by atoms with van der Waals surface area (Å²) in [5.74, 6) is 0.422. The minimum absolute atomic E-state index is 0.00893. The third kappa shape index (κ3) is 4.62. The Morgan fingerprint density at radius 1 is 1.38 bits per heavy atom. The molecule has 0 spiro atoms. The first-order valence-electron chi connectivity index (χ1n) is 8.64. The molecule has 138 valence electrons. The van der Waals surface area contributed by atoms with Crippen LogP contribution in [0.4, 0.5) is 5.82 Å². The zero-order valence-electron chi connectivity index (χ0n) is 14.5. The lowest BCUT2D eigenvalue weighted by Crippen LogP contribution is -2.29.